The Morgan fingerprint density at radius 2 is 1.89 bits per heavy atom. The minimum absolute atomic E-state index is 0.150. The molecule has 2 heterocycles. The molecule has 1 amide bonds. The lowest BCUT2D eigenvalue weighted by molar-refractivity contribution is 0.0929. The molecule has 2 aromatic heterocycles. The summed E-state index contributed by atoms with van der Waals surface area (Å²) in [5.41, 5.74) is 3.26. The second-order valence-corrected chi connectivity index (χ2v) is 7.38. The van der Waals surface area contributed by atoms with Crippen LogP contribution in [0.2, 0.25) is 5.02 Å². The van der Waals surface area contributed by atoms with Gasteiger partial charge in [-0.05, 0) is 30.9 Å². The highest BCUT2D eigenvalue weighted by Gasteiger charge is 2.22. The van der Waals surface area contributed by atoms with Gasteiger partial charge in [0.05, 0.1) is 23.8 Å². The van der Waals surface area contributed by atoms with Crippen LogP contribution in [-0.2, 0) is 6.54 Å². The summed E-state index contributed by atoms with van der Waals surface area (Å²) in [6.07, 6.45) is 3.24. The van der Waals surface area contributed by atoms with Gasteiger partial charge in [0.1, 0.15) is 5.76 Å². The maximum Gasteiger partial charge on any atom is 0.274 e. The van der Waals surface area contributed by atoms with Crippen LogP contribution in [0.25, 0.3) is 0 Å². The van der Waals surface area contributed by atoms with Crippen LogP contribution in [0.3, 0.4) is 0 Å². The summed E-state index contributed by atoms with van der Waals surface area (Å²) >= 11 is 5.91. The third-order valence-corrected chi connectivity index (χ3v) is 4.77. The number of hydrogen-bond donors (Lipinski definition) is 1. The smallest absolute Gasteiger partial charge is 0.274 e. The summed E-state index contributed by atoms with van der Waals surface area (Å²) in [4.78, 5) is 12.7. The summed E-state index contributed by atoms with van der Waals surface area (Å²) in [7, 11) is 0. The average molecular weight is 387 g/mol. The van der Waals surface area contributed by atoms with Crippen LogP contribution in [0.5, 0.6) is 0 Å². The van der Waals surface area contributed by atoms with Gasteiger partial charge in [-0.15, -0.1) is 0 Å². The van der Waals surface area contributed by atoms with Crippen LogP contribution in [0.15, 0.2) is 41.2 Å². The fourth-order valence-corrected chi connectivity index (χ4v) is 3.02. The van der Waals surface area contributed by atoms with E-state index in [0.717, 1.165) is 5.56 Å². The van der Waals surface area contributed by atoms with E-state index in [-0.39, 0.29) is 17.6 Å². The molecule has 0 saturated heterocycles. The largest absolute Gasteiger partial charge is 0.361 e. The van der Waals surface area contributed by atoms with E-state index in [4.69, 9.17) is 16.1 Å². The maximum absolute atomic E-state index is 12.7. The highest BCUT2D eigenvalue weighted by atomic mass is 35.5. The molecule has 1 unspecified atom stereocenters. The zero-order chi connectivity index (χ0) is 19.6. The van der Waals surface area contributed by atoms with E-state index in [9.17, 15) is 4.79 Å². The number of nitrogens with zero attached hydrogens (tertiary/aromatic N) is 3. The average Bonchev–Trinajstić information content (AvgIpc) is 3.21. The lowest BCUT2D eigenvalue weighted by Gasteiger charge is -2.15. The summed E-state index contributed by atoms with van der Waals surface area (Å²) in [5, 5.41) is 11.6. The van der Waals surface area contributed by atoms with Crippen molar-refractivity contribution >= 4 is 17.5 Å². The molecule has 0 saturated carbocycles. The van der Waals surface area contributed by atoms with E-state index in [2.05, 4.69) is 41.6 Å². The maximum atomic E-state index is 12.7. The van der Waals surface area contributed by atoms with Crippen molar-refractivity contribution in [1.29, 1.82) is 0 Å². The Kier molecular flexibility index (Phi) is 5.65. The lowest BCUT2D eigenvalue weighted by Crippen LogP contribution is -2.28. The van der Waals surface area contributed by atoms with Crippen molar-refractivity contribution < 1.29 is 9.32 Å². The molecular formula is C20H23ClN4O2. The second kappa shape index (κ2) is 7.96. The molecule has 0 radical (unpaired) electrons. The Labute approximate surface area is 163 Å². The number of amides is 1. The monoisotopic (exact) mass is 386 g/mol. The minimum atomic E-state index is -0.277. The number of nitrogens with one attached hydrogen (secondary N) is 1. The molecule has 3 rings (SSSR count). The molecule has 6 nitrogen and oxygen atoms in total. The van der Waals surface area contributed by atoms with Crippen molar-refractivity contribution in [3.8, 4) is 0 Å². The first-order valence-corrected chi connectivity index (χ1v) is 9.26. The number of aryl methyl sites for hydroxylation is 1. The first-order chi connectivity index (χ1) is 12.8. The summed E-state index contributed by atoms with van der Waals surface area (Å²) in [6.45, 7) is 8.39. The number of aromatic nitrogens is 3. The SMILES string of the molecule is Cc1onc(C(=O)NC(C)c2ccc(C(C)C)cc2)c1Cn1cc(Cl)cn1. The van der Waals surface area contributed by atoms with Crippen molar-refractivity contribution in [1.82, 2.24) is 20.3 Å². The molecule has 0 spiro atoms. The third kappa shape index (κ3) is 4.39. The summed E-state index contributed by atoms with van der Waals surface area (Å²) in [6, 6.07) is 8.12. The molecule has 7 heteroatoms. The highest BCUT2D eigenvalue weighted by Crippen LogP contribution is 2.20. The standard InChI is InChI=1S/C20H23ClN4O2/c1-12(2)15-5-7-16(8-6-15)13(3)23-20(26)19-18(14(4)27-24-19)11-25-10-17(21)9-22-25/h5-10,12-13H,11H2,1-4H3,(H,23,26). The molecule has 1 atom stereocenters. The van der Waals surface area contributed by atoms with E-state index in [0.29, 0.717) is 28.8 Å². The normalized spacial score (nSPS) is 12.4. The molecule has 0 aliphatic carbocycles. The van der Waals surface area contributed by atoms with Crippen LogP contribution in [0.1, 0.15) is 65.7 Å². The Balaban J connectivity index is 1.74. The van der Waals surface area contributed by atoms with Crippen LogP contribution < -0.4 is 5.32 Å². The van der Waals surface area contributed by atoms with E-state index in [1.165, 1.54) is 5.56 Å². The molecule has 0 fully saturated rings. The first kappa shape index (κ1) is 19.2. The number of benzene rings is 1. The van der Waals surface area contributed by atoms with E-state index >= 15 is 0 Å². The van der Waals surface area contributed by atoms with Crippen LogP contribution in [0, 0.1) is 6.92 Å². The van der Waals surface area contributed by atoms with Gasteiger partial charge in [-0.25, -0.2) is 0 Å². The van der Waals surface area contributed by atoms with E-state index in [1.807, 2.05) is 19.1 Å². The van der Waals surface area contributed by atoms with Gasteiger partial charge in [0.25, 0.3) is 5.91 Å². The molecule has 0 aliphatic rings. The van der Waals surface area contributed by atoms with Crippen molar-refractivity contribution in [3.05, 3.63) is 69.8 Å². The van der Waals surface area contributed by atoms with Crippen molar-refractivity contribution in [2.24, 2.45) is 0 Å². The van der Waals surface area contributed by atoms with Gasteiger partial charge in [-0.2, -0.15) is 5.10 Å². The van der Waals surface area contributed by atoms with E-state index in [1.54, 1.807) is 24.0 Å². The fraction of sp³-hybridized carbons (Fsp3) is 0.350. The van der Waals surface area contributed by atoms with Gasteiger partial charge in [0.2, 0.25) is 0 Å². The Morgan fingerprint density at radius 1 is 1.22 bits per heavy atom. The molecule has 142 valence electrons. The van der Waals surface area contributed by atoms with Gasteiger partial charge in [0, 0.05) is 11.8 Å². The number of carbonyl (C=O) groups excluding carboxylic acids is 1. The Hall–Kier alpha value is -2.60. The number of hydrogen-bond acceptors (Lipinski definition) is 4. The minimum Gasteiger partial charge on any atom is -0.361 e. The van der Waals surface area contributed by atoms with Crippen molar-refractivity contribution in [2.45, 2.75) is 46.2 Å². The molecule has 0 aliphatic heterocycles. The summed E-state index contributed by atoms with van der Waals surface area (Å²) in [5.74, 6) is 0.779. The van der Waals surface area contributed by atoms with Gasteiger partial charge < -0.3 is 9.84 Å². The second-order valence-electron chi connectivity index (χ2n) is 6.94. The quantitative estimate of drug-likeness (QED) is 0.677. The van der Waals surface area contributed by atoms with Gasteiger partial charge in [-0.3, -0.25) is 9.48 Å². The topological polar surface area (TPSA) is 73.0 Å². The van der Waals surface area contributed by atoms with Gasteiger partial charge in [-0.1, -0.05) is 54.9 Å². The molecular weight excluding hydrogens is 364 g/mol. The zero-order valence-electron chi connectivity index (χ0n) is 15.9. The van der Waals surface area contributed by atoms with Crippen LogP contribution in [0.4, 0.5) is 0 Å². The summed E-state index contributed by atoms with van der Waals surface area (Å²) < 4.78 is 6.89. The van der Waals surface area contributed by atoms with Crippen molar-refractivity contribution in [3.63, 3.8) is 0 Å². The molecule has 1 N–H and O–H groups in total. The zero-order valence-corrected chi connectivity index (χ0v) is 16.6. The molecule has 27 heavy (non-hydrogen) atoms. The Bertz CT molecular complexity index is 928. The Morgan fingerprint density at radius 3 is 2.48 bits per heavy atom. The first-order valence-electron chi connectivity index (χ1n) is 8.89. The molecule has 1 aromatic carbocycles. The number of halogens is 1. The van der Waals surface area contributed by atoms with E-state index < -0.39 is 0 Å². The predicted octanol–water partition coefficient (Wildman–Crippen LogP) is 4.50. The highest BCUT2D eigenvalue weighted by molar-refractivity contribution is 6.30. The van der Waals surface area contributed by atoms with Gasteiger partial charge >= 0.3 is 0 Å². The molecule has 3 aromatic rings. The van der Waals surface area contributed by atoms with Gasteiger partial charge in [0.15, 0.2) is 5.69 Å². The predicted molar refractivity (Wildman–Crippen MR) is 104 cm³/mol. The van der Waals surface area contributed by atoms with Crippen molar-refractivity contribution in [2.75, 3.05) is 0 Å². The number of rotatable bonds is 6. The fourth-order valence-electron chi connectivity index (χ4n) is 2.86. The molecule has 0 bridgehead atoms. The third-order valence-electron chi connectivity index (χ3n) is 4.57. The van der Waals surface area contributed by atoms with Crippen LogP contribution in [-0.4, -0.2) is 20.8 Å². The number of carbonyl (C=O) groups is 1. The lowest BCUT2D eigenvalue weighted by atomic mass is 9.99. The van der Waals surface area contributed by atoms with Crippen LogP contribution >= 0.6 is 11.6 Å².